The van der Waals surface area contributed by atoms with Crippen molar-refractivity contribution < 1.29 is 4.79 Å². The second-order valence-electron chi connectivity index (χ2n) is 9.21. The maximum Gasteiger partial charge on any atom is 0.234 e. The third-order valence-electron chi connectivity index (χ3n) is 6.33. The van der Waals surface area contributed by atoms with Gasteiger partial charge in [0.15, 0.2) is 0 Å². The highest BCUT2D eigenvalue weighted by molar-refractivity contribution is 5.78. The van der Waals surface area contributed by atoms with Crippen molar-refractivity contribution in [3.63, 3.8) is 0 Å². The van der Waals surface area contributed by atoms with Gasteiger partial charge in [-0.2, -0.15) is 0 Å². The number of pyridine rings is 1. The molecule has 182 valence electrons. The molecule has 0 saturated carbocycles. The molecule has 0 aliphatic carbocycles. The summed E-state index contributed by atoms with van der Waals surface area (Å²) in [5, 5.41) is 9.74. The first kappa shape index (κ1) is 23.2. The van der Waals surface area contributed by atoms with E-state index in [1.807, 2.05) is 24.4 Å². The summed E-state index contributed by atoms with van der Waals surface area (Å²) in [5.74, 6) is 1.46. The second kappa shape index (κ2) is 10.8. The Bertz CT molecular complexity index is 1160. The molecule has 35 heavy (non-hydrogen) atoms. The molecule has 1 saturated heterocycles. The lowest BCUT2D eigenvalue weighted by molar-refractivity contribution is -0.122. The minimum atomic E-state index is 0.0941. The quantitative estimate of drug-likeness (QED) is 0.459. The zero-order valence-electron chi connectivity index (χ0n) is 20.1. The number of nitrogens with one attached hydrogen (secondary N) is 3. The molecular formula is C26H32N8O. The van der Waals surface area contributed by atoms with Crippen LogP contribution in [0.1, 0.15) is 17.5 Å². The molecule has 5 aliphatic heterocycles. The Balaban J connectivity index is 1.38. The molecule has 0 radical (unpaired) electrons. The fourth-order valence-corrected chi connectivity index (χ4v) is 4.54. The van der Waals surface area contributed by atoms with Crippen molar-refractivity contribution in [2.24, 2.45) is 0 Å². The molecule has 5 aliphatic rings. The standard InChI is InChI=1S/C26H32N8O/c1-19-13-20-15-22(14-19)31-26-29-8-5-23(32-26)21-3-4-24(30-16-21)27-6-2-7-28-25(35)18-34-11-9-33(17-20)10-12-34/h3-5,8,13-16H,2,6-7,9-12,17-18H2,1H3,(H,27,30)(H,28,35)(H,29,31,32). The number of anilines is 3. The molecule has 3 N–H and O–H groups in total. The topological polar surface area (TPSA) is 98.3 Å². The van der Waals surface area contributed by atoms with Crippen LogP contribution in [0.2, 0.25) is 0 Å². The van der Waals surface area contributed by atoms with Crippen LogP contribution >= 0.6 is 0 Å². The summed E-state index contributed by atoms with van der Waals surface area (Å²) in [7, 11) is 0. The van der Waals surface area contributed by atoms with Gasteiger partial charge in [0.05, 0.1) is 12.2 Å². The van der Waals surface area contributed by atoms with Crippen molar-refractivity contribution in [2.75, 3.05) is 56.4 Å². The van der Waals surface area contributed by atoms with Crippen LogP contribution in [0, 0.1) is 6.92 Å². The van der Waals surface area contributed by atoms with Crippen LogP contribution in [0.5, 0.6) is 0 Å². The Kier molecular flexibility index (Phi) is 7.15. The second-order valence-corrected chi connectivity index (χ2v) is 9.21. The molecule has 9 heteroatoms. The summed E-state index contributed by atoms with van der Waals surface area (Å²) in [5.41, 5.74) is 5.15. The number of hydrogen-bond acceptors (Lipinski definition) is 8. The van der Waals surface area contributed by atoms with Gasteiger partial charge in [-0.25, -0.2) is 15.0 Å². The number of nitrogens with zero attached hydrogens (tertiary/aromatic N) is 5. The molecule has 8 bridgehead atoms. The number of benzene rings is 1. The summed E-state index contributed by atoms with van der Waals surface area (Å²) in [6, 6.07) is 12.3. The van der Waals surface area contributed by atoms with Gasteiger partial charge in [-0.05, 0) is 54.8 Å². The van der Waals surface area contributed by atoms with Crippen LogP contribution in [-0.4, -0.2) is 76.5 Å². The first-order valence-corrected chi connectivity index (χ1v) is 12.2. The van der Waals surface area contributed by atoms with Crippen LogP contribution in [0.25, 0.3) is 11.3 Å². The van der Waals surface area contributed by atoms with Crippen LogP contribution in [0.15, 0.2) is 48.8 Å². The average Bonchev–Trinajstić information content (AvgIpc) is 2.85. The summed E-state index contributed by atoms with van der Waals surface area (Å²) < 4.78 is 0. The van der Waals surface area contributed by atoms with Gasteiger partial charge >= 0.3 is 0 Å². The molecule has 0 unspecified atom stereocenters. The summed E-state index contributed by atoms with van der Waals surface area (Å²) in [4.78, 5) is 30.7. The number of rotatable bonds is 0. The summed E-state index contributed by atoms with van der Waals surface area (Å²) in [6.07, 6.45) is 4.42. The molecule has 8 rings (SSSR count). The number of hydrogen-bond donors (Lipinski definition) is 3. The molecule has 1 amide bonds. The van der Waals surface area contributed by atoms with E-state index in [2.05, 4.69) is 60.8 Å². The first-order valence-electron chi connectivity index (χ1n) is 12.2. The van der Waals surface area contributed by atoms with Gasteiger partial charge in [-0.15, -0.1) is 0 Å². The molecule has 1 fully saturated rings. The highest BCUT2D eigenvalue weighted by atomic mass is 16.2. The van der Waals surface area contributed by atoms with Crippen LogP contribution in [0.4, 0.5) is 17.5 Å². The van der Waals surface area contributed by atoms with E-state index in [0.717, 1.165) is 68.5 Å². The maximum absolute atomic E-state index is 12.4. The largest absolute Gasteiger partial charge is 0.370 e. The van der Waals surface area contributed by atoms with Gasteiger partial charge in [0.1, 0.15) is 5.82 Å². The van der Waals surface area contributed by atoms with E-state index in [1.165, 1.54) is 11.1 Å². The summed E-state index contributed by atoms with van der Waals surface area (Å²) in [6.45, 7) is 8.52. The number of carbonyl (C=O) groups excluding carboxylic acids is 1. The van der Waals surface area contributed by atoms with Crippen molar-refractivity contribution in [1.82, 2.24) is 30.1 Å². The number of aryl methyl sites for hydroxylation is 1. The Morgan fingerprint density at radius 3 is 2.49 bits per heavy atom. The minimum Gasteiger partial charge on any atom is -0.370 e. The number of piperazine rings is 1. The Hall–Kier alpha value is -3.56. The van der Waals surface area contributed by atoms with E-state index in [-0.39, 0.29) is 5.91 Å². The first-order chi connectivity index (χ1) is 17.1. The van der Waals surface area contributed by atoms with Gasteiger partial charge in [-0.3, -0.25) is 14.6 Å². The Labute approximate surface area is 206 Å². The van der Waals surface area contributed by atoms with Crippen LogP contribution in [0.3, 0.4) is 0 Å². The summed E-state index contributed by atoms with van der Waals surface area (Å²) >= 11 is 0. The van der Waals surface area contributed by atoms with E-state index in [4.69, 9.17) is 4.98 Å². The van der Waals surface area contributed by atoms with E-state index in [9.17, 15) is 4.79 Å². The molecule has 3 aromatic rings. The van der Waals surface area contributed by atoms with Gasteiger partial charge in [-0.1, -0.05) is 6.07 Å². The van der Waals surface area contributed by atoms with Gasteiger partial charge in [0.2, 0.25) is 11.9 Å². The van der Waals surface area contributed by atoms with Gasteiger partial charge in [0.25, 0.3) is 0 Å². The molecule has 2 aromatic heterocycles. The van der Waals surface area contributed by atoms with Crippen LogP contribution < -0.4 is 16.0 Å². The Morgan fingerprint density at radius 1 is 0.886 bits per heavy atom. The fourth-order valence-electron chi connectivity index (χ4n) is 4.54. The normalized spacial score (nSPS) is 21.0. The van der Waals surface area contributed by atoms with E-state index in [0.29, 0.717) is 19.0 Å². The molecule has 1 aromatic carbocycles. The molecule has 0 spiro atoms. The average molecular weight is 473 g/mol. The van der Waals surface area contributed by atoms with Crippen molar-refractivity contribution in [1.29, 1.82) is 0 Å². The highest BCUT2D eigenvalue weighted by Gasteiger charge is 2.19. The fraction of sp³-hybridized carbons (Fsp3) is 0.385. The lowest BCUT2D eigenvalue weighted by Crippen LogP contribution is -2.49. The Morgan fingerprint density at radius 2 is 1.69 bits per heavy atom. The molecule has 9 nitrogen and oxygen atoms in total. The van der Waals surface area contributed by atoms with Gasteiger partial charge in [0, 0.05) is 69.5 Å². The predicted octanol–water partition coefficient (Wildman–Crippen LogP) is 2.64. The monoisotopic (exact) mass is 472 g/mol. The maximum atomic E-state index is 12.4. The zero-order chi connectivity index (χ0) is 24.0. The third kappa shape index (κ3) is 6.32. The third-order valence-corrected chi connectivity index (χ3v) is 6.33. The minimum absolute atomic E-state index is 0.0941. The van der Waals surface area contributed by atoms with E-state index in [1.54, 1.807) is 6.20 Å². The lowest BCUT2D eigenvalue weighted by Gasteiger charge is -2.34. The molecular weight excluding hydrogens is 440 g/mol. The SMILES string of the molecule is Cc1cc2cc(c1)Nc1nccc(n1)-c1ccc(nc1)NCCCNC(=O)CN1CCN(CC1)C2. The number of amides is 1. The van der Waals surface area contributed by atoms with Crippen molar-refractivity contribution >= 4 is 23.4 Å². The molecule has 0 atom stereocenters. The van der Waals surface area contributed by atoms with Crippen molar-refractivity contribution in [2.45, 2.75) is 19.9 Å². The lowest BCUT2D eigenvalue weighted by atomic mass is 10.1. The molecule has 7 heterocycles. The van der Waals surface area contributed by atoms with Crippen molar-refractivity contribution in [3.8, 4) is 11.3 Å². The smallest absolute Gasteiger partial charge is 0.234 e. The van der Waals surface area contributed by atoms with Gasteiger partial charge < -0.3 is 16.0 Å². The van der Waals surface area contributed by atoms with Crippen molar-refractivity contribution in [3.05, 3.63) is 59.9 Å². The predicted molar refractivity (Wildman–Crippen MR) is 138 cm³/mol. The number of aromatic nitrogens is 3. The van der Waals surface area contributed by atoms with E-state index < -0.39 is 0 Å². The number of carbonyl (C=O) groups is 1. The van der Waals surface area contributed by atoms with E-state index >= 15 is 0 Å². The highest BCUT2D eigenvalue weighted by Crippen LogP contribution is 2.22. The zero-order valence-corrected chi connectivity index (χ0v) is 20.1. The van der Waals surface area contributed by atoms with Crippen LogP contribution in [-0.2, 0) is 11.3 Å².